The van der Waals surface area contributed by atoms with Crippen LogP contribution in [0.25, 0.3) is 0 Å². The van der Waals surface area contributed by atoms with Gasteiger partial charge in [0.1, 0.15) is 24.2 Å². The molecule has 1 aromatic rings. The number of benzene rings is 1. The molecule has 4 heteroatoms. The van der Waals surface area contributed by atoms with Crippen LogP contribution in [-0.4, -0.2) is 33.2 Å². The molecule has 0 radical (unpaired) electrons. The van der Waals surface area contributed by atoms with E-state index in [1.807, 2.05) is 36.4 Å². The molecule has 0 bridgehead atoms. The molecule has 0 saturated heterocycles. The van der Waals surface area contributed by atoms with Crippen LogP contribution in [0, 0.1) is 12.8 Å². The second-order valence-electron chi connectivity index (χ2n) is 7.50. The van der Waals surface area contributed by atoms with Crippen LogP contribution in [0.2, 0.25) is 0 Å². The summed E-state index contributed by atoms with van der Waals surface area (Å²) in [5.74, 6) is -0.401. The predicted molar refractivity (Wildman–Crippen MR) is 101 cm³/mol. The molecule has 1 atom stereocenters. The molecule has 4 rings (SSSR count). The van der Waals surface area contributed by atoms with Gasteiger partial charge in [-0.25, -0.2) is 4.79 Å². The van der Waals surface area contributed by atoms with Crippen molar-refractivity contribution in [3.8, 4) is 0 Å². The molecule has 0 aromatic heterocycles. The first-order valence-corrected chi connectivity index (χ1v) is 9.57. The molecule has 1 heterocycles. The predicted octanol–water partition coefficient (Wildman–Crippen LogP) is 3.99. The zero-order chi connectivity index (χ0) is 18.1. The van der Waals surface area contributed by atoms with E-state index in [9.17, 15) is 9.59 Å². The van der Waals surface area contributed by atoms with Gasteiger partial charge in [0.2, 0.25) is 0 Å². The molecule has 2 aliphatic carbocycles. The van der Waals surface area contributed by atoms with Gasteiger partial charge in [-0.1, -0.05) is 54.5 Å². The van der Waals surface area contributed by atoms with E-state index in [0.29, 0.717) is 6.54 Å². The fraction of sp³-hybridized carbons (Fsp3) is 0.409. The first-order valence-electron chi connectivity index (χ1n) is 9.57. The van der Waals surface area contributed by atoms with Crippen molar-refractivity contribution in [1.82, 2.24) is 4.90 Å². The second-order valence-corrected chi connectivity index (χ2v) is 7.50. The van der Waals surface area contributed by atoms with Crippen LogP contribution in [0.4, 0.5) is 4.79 Å². The summed E-state index contributed by atoms with van der Waals surface area (Å²) in [4.78, 5) is 28.0. The van der Waals surface area contributed by atoms with Crippen molar-refractivity contribution < 1.29 is 14.2 Å². The lowest BCUT2D eigenvalue weighted by Crippen LogP contribution is -2.57. The molecule has 1 aromatic carbocycles. The number of amides is 3. The van der Waals surface area contributed by atoms with Gasteiger partial charge in [0.25, 0.3) is 0 Å². The lowest BCUT2D eigenvalue weighted by molar-refractivity contribution is -0.457. The van der Waals surface area contributed by atoms with Crippen molar-refractivity contribution in [2.45, 2.75) is 51.6 Å². The summed E-state index contributed by atoms with van der Waals surface area (Å²) in [6.07, 6.45) is 12.9. The Balaban J connectivity index is 1.73. The van der Waals surface area contributed by atoms with Crippen LogP contribution in [0.5, 0.6) is 0 Å². The SMILES string of the molecule is Cc1cccc(C[N+]2=C3C=CC=CC3C(=O)N(C3CCCCC3)C2=O)c1. The molecule has 4 nitrogen and oxygen atoms in total. The van der Waals surface area contributed by atoms with Crippen molar-refractivity contribution in [2.24, 2.45) is 5.92 Å². The van der Waals surface area contributed by atoms with Crippen LogP contribution in [0.15, 0.2) is 48.6 Å². The number of hydrogen-bond acceptors (Lipinski definition) is 2. The Morgan fingerprint density at radius 2 is 1.92 bits per heavy atom. The van der Waals surface area contributed by atoms with Crippen LogP contribution < -0.4 is 0 Å². The third-order valence-electron chi connectivity index (χ3n) is 5.62. The largest absolute Gasteiger partial charge is 0.501 e. The third-order valence-corrected chi connectivity index (χ3v) is 5.62. The molecule has 134 valence electrons. The van der Waals surface area contributed by atoms with Gasteiger partial charge in [0.05, 0.1) is 0 Å². The number of carbonyl (C=O) groups is 2. The van der Waals surface area contributed by atoms with Gasteiger partial charge in [0, 0.05) is 0 Å². The smallest absolute Gasteiger partial charge is 0.245 e. The van der Waals surface area contributed by atoms with Crippen molar-refractivity contribution in [1.29, 1.82) is 0 Å². The highest BCUT2D eigenvalue weighted by Crippen LogP contribution is 2.29. The van der Waals surface area contributed by atoms with Crippen molar-refractivity contribution in [3.05, 3.63) is 59.7 Å². The Hall–Kier alpha value is -2.49. The highest BCUT2D eigenvalue weighted by molar-refractivity contribution is 6.16. The molecular weight excluding hydrogens is 324 g/mol. The average molecular weight is 349 g/mol. The van der Waals surface area contributed by atoms with Gasteiger partial charge in [-0.05, 0) is 44.2 Å². The monoisotopic (exact) mass is 349 g/mol. The molecule has 3 aliphatic rings. The van der Waals surface area contributed by atoms with E-state index in [-0.39, 0.29) is 23.9 Å². The standard InChI is InChI=1S/C22H25N2O2/c1-16-8-7-9-17(14-16)15-23-20-13-6-5-12-19(20)21(25)24(22(23)26)18-10-3-2-4-11-18/h5-9,12-14,18-19H,2-4,10-11,15H2,1H3/q+1. The normalized spacial score (nSPS) is 23.6. The number of carbonyl (C=O) groups excluding carboxylic acids is 2. The third kappa shape index (κ3) is 3.05. The van der Waals surface area contributed by atoms with Gasteiger partial charge < -0.3 is 0 Å². The van der Waals surface area contributed by atoms with E-state index in [0.717, 1.165) is 37.0 Å². The van der Waals surface area contributed by atoms with Crippen molar-refractivity contribution in [3.63, 3.8) is 0 Å². The lowest BCUT2D eigenvalue weighted by Gasteiger charge is -2.33. The Kier molecular flexibility index (Phi) is 4.58. The fourth-order valence-electron chi connectivity index (χ4n) is 4.31. The summed E-state index contributed by atoms with van der Waals surface area (Å²) >= 11 is 0. The molecule has 0 spiro atoms. The van der Waals surface area contributed by atoms with Crippen molar-refractivity contribution in [2.75, 3.05) is 0 Å². The van der Waals surface area contributed by atoms with E-state index in [2.05, 4.69) is 19.1 Å². The highest BCUT2D eigenvalue weighted by Gasteiger charge is 2.50. The quantitative estimate of drug-likeness (QED) is 0.774. The van der Waals surface area contributed by atoms with Crippen molar-refractivity contribution >= 4 is 17.6 Å². The van der Waals surface area contributed by atoms with E-state index < -0.39 is 0 Å². The topological polar surface area (TPSA) is 40.4 Å². The van der Waals surface area contributed by atoms with E-state index in [1.165, 1.54) is 12.0 Å². The second kappa shape index (κ2) is 7.02. The number of urea groups is 1. The number of imide groups is 1. The minimum absolute atomic E-state index is 0.0459. The molecule has 1 saturated carbocycles. The number of rotatable bonds is 3. The number of hydrogen-bond donors (Lipinski definition) is 0. The van der Waals surface area contributed by atoms with Gasteiger partial charge in [-0.15, -0.1) is 0 Å². The Bertz CT molecular complexity index is 828. The summed E-state index contributed by atoms with van der Waals surface area (Å²) < 4.78 is 1.80. The van der Waals surface area contributed by atoms with Crippen LogP contribution in [0.3, 0.4) is 0 Å². The molecular formula is C22H25N2O2+. The summed E-state index contributed by atoms with van der Waals surface area (Å²) in [5, 5.41) is 0. The molecule has 1 unspecified atom stereocenters. The molecule has 1 fully saturated rings. The van der Waals surface area contributed by atoms with E-state index in [4.69, 9.17) is 0 Å². The summed E-state index contributed by atoms with van der Waals surface area (Å²) in [5.41, 5.74) is 3.06. The Morgan fingerprint density at radius 1 is 1.12 bits per heavy atom. The van der Waals surface area contributed by atoms with E-state index >= 15 is 0 Å². The summed E-state index contributed by atoms with van der Waals surface area (Å²) in [6, 6.07) is 8.10. The maximum absolute atomic E-state index is 13.3. The zero-order valence-corrected chi connectivity index (χ0v) is 15.2. The summed E-state index contributed by atoms with van der Waals surface area (Å²) in [6.45, 7) is 2.56. The van der Waals surface area contributed by atoms with Gasteiger partial charge in [-0.3, -0.25) is 0 Å². The average Bonchev–Trinajstić information content (AvgIpc) is 2.66. The van der Waals surface area contributed by atoms with Gasteiger partial charge >= 0.3 is 11.9 Å². The number of nitrogens with zero attached hydrogens (tertiary/aromatic N) is 2. The summed E-state index contributed by atoms with van der Waals surface area (Å²) in [7, 11) is 0. The lowest BCUT2D eigenvalue weighted by atomic mass is 9.89. The first-order chi connectivity index (χ1) is 12.6. The maximum atomic E-state index is 13.3. The highest BCUT2D eigenvalue weighted by atomic mass is 16.2. The number of allylic oxidation sites excluding steroid dienone is 3. The van der Waals surface area contributed by atoms with Crippen LogP contribution in [-0.2, 0) is 11.3 Å². The zero-order valence-electron chi connectivity index (χ0n) is 15.2. The van der Waals surface area contributed by atoms with Crippen LogP contribution in [0.1, 0.15) is 43.2 Å². The Labute approximate surface area is 154 Å². The minimum Gasteiger partial charge on any atom is -0.245 e. The number of fused-ring (bicyclic) bond motifs is 1. The first kappa shape index (κ1) is 17.0. The van der Waals surface area contributed by atoms with E-state index in [1.54, 1.807) is 9.48 Å². The fourth-order valence-corrected chi connectivity index (χ4v) is 4.31. The van der Waals surface area contributed by atoms with Gasteiger partial charge in [-0.2, -0.15) is 14.3 Å². The maximum Gasteiger partial charge on any atom is 0.501 e. The molecule has 1 aliphatic heterocycles. The Morgan fingerprint density at radius 3 is 2.69 bits per heavy atom. The molecule has 3 amide bonds. The number of aryl methyl sites for hydroxylation is 1. The van der Waals surface area contributed by atoms with Crippen LogP contribution >= 0.6 is 0 Å². The molecule has 0 N–H and O–H groups in total. The molecule has 26 heavy (non-hydrogen) atoms. The minimum atomic E-state index is -0.343. The van der Waals surface area contributed by atoms with Gasteiger partial charge in [0.15, 0.2) is 0 Å².